The Morgan fingerprint density at radius 2 is 1.08 bits per heavy atom. The number of piperidine rings is 1. The molecule has 2 saturated carbocycles. The summed E-state index contributed by atoms with van der Waals surface area (Å²) in [7, 11) is 0. The number of pyridine rings is 1. The number of para-hydroxylation sites is 1. The van der Waals surface area contributed by atoms with Gasteiger partial charge in [-0.05, 0) is 141 Å². The van der Waals surface area contributed by atoms with E-state index < -0.39 is 0 Å². The van der Waals surface area contributed by atoms with Crippen molar-refractivity contribution >= 4 is 11.4 Å². The molecule has 1 aromatic carbocycles. The zero-order valence-corrected chi connectivity index (χ0v) is 41.3. The molecule has 2 aromatic rings. The number of nitrogens with one attached hydrogen (secondary N) is 4. The molecule has 4 N–H and O–H groups in total. The highest BCUT2D eigenvalue weighted by Crippen LogP contribution is 2.31. The van der Waals surface area contributed by atoms with E-state index in [2.05, 4.69) is 178 Å². The van der Waals surface area contributed by atoms with E-state index >= 15 is 0 Å². The minimum atomic E-state index is 0.391. The van der Waals surface area contributed by atoms with Crippen molar-refractivity contribution in [3.63, 3.8) is 0 Å². The van der Waals surface area contributed by atoms with Crippen molar-refractivity contribution in [1.29, 1.82) is 0 Å². The standard InChI is InChI=1S/C12H19N.C11H24N2.C11H18N2.C10H18.C10H16/c1-12(2,3)9-10-13-11-7-5-4-6-8-11;2*1-11(2,3)6-9-13-10-4-7-12-8-5-10;2*1-10(2,3)8-4-5-9-6-7-9/h4-8,13H,9-10H2,1-3H3;10,12-13H,4-9H2,1-3H3;4-5,7-8H,6,9H2,1-3H3,(H,12,13);4-5,9H,6-8H2,1-3H3;9H,6-8H2,1-3H3/b;;;5-4+;. The average molecular weight is 814 g/mol. The van der Waals surface area contributed by atoms with Crippen LogP contribution >= 0.6 is 0 Å². The van der Waals surface area contributed by atoms with Gasteiger partial charge < -0.3 is 21.3 Å². The van der Waals surface area contributed by atoms with E-state index in [9.17, 15) is 0 Å². The molecular formula is C54H95N5. The van der Waals surface area contributed by atoms with Crippen molar-refractivity contribution in [2.24, 2.45) is 38.9 Å². The van der Waals surface area contributed by atoms with Gasteiger partial charge in [-0.1, -0.05) is 140 Å². The molecule has 0 bridgehead atoms. The molecule has 5 heteroatoms. The lowest BCUT2D eigenvalue weighted by atomic mass is 9.92. The molecule has 2 aliphatic carbocycles. The summed E-state index contributed by atoms with van der Waals surface area (Å²) in [5, 5.41) is 13.8. The highest BCUT2D eigenvalue weighted by atomic mass is 15.0. The van der Waals surface area contributed by atoms with Gasteiger partial charge in [0.25, 0.3) is 0 Å². The van der Waals surface area contributed by atoms with Gasteiger partial charge in [0, 0.05) is 55.2 Å². The highest BCUT2D eigenvalue weighted by molar-refractivity contribution is 5.42. The summed E-state index contributed by atoms with van der Waals surface area (Å²) < 4.78 is 0. The Morgan fingerprint density at radius 3 is 1.53 bits per heavy atom. The van der Waals surface area contributed by atoms with Crippen molar-refractivity contribution in [3.8, 4) is 11.8 Å². The van der Waals surface area contributed by atoms with Crippen molar-refractivity contribution in [2.45, 2.75) is 181 Å². The third-order valence-corrected chi connectivity index (χ3v) is 9.77. The lowest BCUT2D eigenvalue weighted by molar-refractivity contribution is 0.329. The zero-order valence-electron chi connectivity index (χ0n) is 41.3. The predicted octanol–water partition coefficient (Wildman–Crippen LogP) is 14.5. The van der Waals surface area contributed by atoms with E-state index in [1.807, 2.05) is 18.2 Å². The number of nitrogens with zero attached hydrogens (tertiary/aromatic N) is 1. The van der Waals surface area contributed by atoms with Crippen LogP contribution in [-0.2, 0) is 0 Å². The van der Waals surface area contributed by atoms with Crippen LogP contribution in [0.15, 0.2) is 67.0 Å². The summed E-state index contributed by atoms with van der Waals surface area (Å²) in [6.07, 6.45) is 22.4. The van der Waals surface area contributed by atoms with E-state index in [0.717, 1.165) is 43.1 Å². The van der Waals surface area contributed by atoms with Crippen molar-refractivity contribution in [2.75, 3.05) is 43.4 Å². The van der Waals surface area contributed by atoms with Crippen molar-refractivity contribution in [1.82, 2.24) is 15.6 Å². The normalized spacial score (nSPS) is 16.0. The Hall–Kier alpha value is -2.81. The second-order valence-corrected chi connectivity index (χ2v) is 23.2. The molecule has 0 amide bonds. The topological polar surface area (TPSA) is 61.0 Å². The first-order chi connectivity index (χ1) is 27.4. The largest absolute Gasteiger partial charge is 0.385 e. The van der Waals surface area contributed by atoms with Crippen molar-refractivity contribution < 1.29 is 0 Å². The van der Waals surface area contributed by atoms with E-state index in [1.165, 1.54) is 89.5 Å². The summed E-state index contributed by atoms with van der Waals surface area (Å²) in [6, 6.07) is 15.1. The molecule has 0 atom stereocenters. The fourth-order valence-corrected chi connectivity index (χ4v) is 5.46. The molecule has 3 aliphatic rings. The van der Waals surface area contributed by atoms with Crippen LogP contribution in [0.3, 0.4) is 0 Å². The first-order valence-corrected chi connectivity index (χ1v) is 23.4. The van der Waals surface area contributed by atoms with Crippen LogP contribution < -0.4 is 21.3 Å². The SMILES string of the molecule is CC(C)(C)C/C=C/C1CC1.CC(C)(C)CC#CC1CC1.CC(C)(C)CCNC1CCNCC1.CC(C)(C)CCNc1ccccc1.CC(C)(C)CCNc1ccncc1. The number of benzene rings is 1. The summed E-state index contributed by atoms with van der Waals surface area (Å²) in [5.41, 5.74) is 4.53. The first kappa shape index (κ1) is 54.2. The number of anilines is 2. The Kier molecular flexibility index (Phi) is 25.7. The molecule has 5 nitrogen and oxygen atoms in total. The van der Waals surface area contributed by atoms with Crippen LogP contribution in [0.4, 0.5) is 11.4 Å². The maximum Gasteiger partial charge on any atom is 0.0371 e. The minimum Gasteiger partial charge on any atom is -0.385 e. The van der Waals surface area contributed by atoms with Gasteiger partial charge in [-0.3, -0.25) is 4.98 Å². The second kappa shape index (κ2) is 27.9. The number of allylic oxidation sites excluding steroid dienone is 2. The van der Waals surface area contributed by atoms with Crippen LogP contribution in [0.5, 0.6) is 0 Å². The molecule has 1 aromatic heterocycles. The molecule has 0 unspecified atom stereocenters. The van der Waals surface area contributed by atoms with Crippen LogP contribution in [0.25, 0.3) is 0 Å². The molecular weight excluding hydrogens is 719 g/mol. The Bertz CT molecular complexity index is 1330. The third kappa shape index (κ3) is 40.4. The molecule has 0 radical (unpaired) electrons. The second-order valence-electron chi connectivity index (χ2n) is 23.2. The molecule has 3 fully saturated rings. The Morgan fingerprint density at radius 1 is 0.593 bits per heavy atom. The van der Waals surface area contributed by atoms with Crippen LogP contribution in [0.1, 0.15) is 174 Å². The fourth-order valence-electron chi connectivity index (χ4n) is 5.46. The van der Waals surface area contributed by atoms with Gasteiger partial charge in [-0.15, -0.1) is 5.92 Å². The number of hydrogen-bond acceptors (Lipinski definition) is 5. The summed E-state index contributed by atoms with van der Waals surface area (Å²) in [5.74, 6) is 8.21. The van der Waals surface area contributed by atoms with Crippen LogP contribution in [0.2, 0.25) is 0 Å². The smallest absolute Gasteiger partial charge is 0.0371 e. The Labute approximate surface area is 367 Å². The molecule has 1 aliphatic heterocycles. The number of hydrogen-bond donors (Lipinski definition) is 4. The number of aromatic nitrogens is 1. The third-order valence-electron chi connectivity index (χ3n) is 9.77. The lowest BCUT2D eigenvalue weighted by Crippen LogP contribution is -2.40. The lowest BCUT2D eigenvalue weighted by Gasteiger charge is -2.26. The molecule has 336 valence electrons. The maximum absolute atomic E-state index is 3.96. The van der Waals surface area contributed by atoms with Gasteiger partial charge in [-0.2, -0.15) is 0 Å². The van der Waals surface area contributed by atoms with Gasteiger partial charge in [0.1, 0.15) is 0 Å². The predicted molar refractivity (Wildman–Crippen MR) is 264 cm³/mol. The van der Waals surface area contributed by atoms with E-state index in [-0.39, 0.29) is 0 Å². The summed E-state index contributed by atoms with van der Waals surface area (Å²) in [4.78, 5) is 3.96. The van der Waals surface area contributed by atoms with E-state index in [4.69, 9.17) is 0 Å². The Balaban J connectivity index is 0.000000371. The zero-order chi connectivity index (χ0) is 44.4. The molecule has 5 rings (SSSR count). The van der Waals surface area contributed by atoms with Crippen LogP contribution in [-0.4, -0.2) is 43.7 Å². The van der Waals surface area contributed by atoms with Gasteiger partial charge >= 0.3 is 0 Å². The average Bonchev–Trinajstić information content (AvgIpc) is 4.06. The molecule has 2 heterocycles. The van der Waals surface area contributed by atoms with Crippen molar-refractivity contribution in [3.05, 3.63) is 67.0 Å². The maximum atomic E-state index is 3.96. The monoisotopic (exact) mass is 814 g/mol. The molecule has 1 saturated heterocycles. The first-order valence-electron chi connectivity index (χ1n) is 23.4. The summed E-state index contributed by atoms with van der Waals surface area (Å²) >= 11 is 0. The fraction of sp³-hybridized carbons (Fsp3) is 0.722. The van der Waals surface area contributed by atoms with Gasteiger partial charge in [-0.25, -0.2) is 0 Å². The highest BCUT2D eigenvalue weighted by Gasteiger charge is 2.19. The molecule has 0 spiro atoms. The van der Waals surface area contributed by atoms with Gasteiger partial charge in [0.15, 0.2) is 0 Å². The number of rotatable bonds is 11. The molecule has 59 heavy (non-hydrogen) atoms. The quantitative estimate of drug-likeness (QED) is 0.134. The minimum absolute atomic E-state index is 0.391. The van der Waals surface area contributed by atoms with Crippen LogP contribution in [0, 0.1) is 50.8 Å². The van der Waals surface area contributed by atoms with Gasteiger partial charge in [0.2, 0.25) is 0 Å². The van der Waals surface area contributed by atoms with E-state index in [0.29, 0.717) is 27.1 Å². The summed E-state index contributed by atoms with van der Waals surface area (Å²) in [6.45, 7) is 39.6. The van der Waals surface area contributed by atoms with E-state index in [1.54, 1.807) is 12.4 Å². The van der Waals surface area contributed by atoms with Gasteiger partial charge in [0.05, 0.1) is 0 Å².